The van der Waals surface area contributed by atoms with Crippen LogP contribution in [0.25, 0.3) is 0 Å². The van der Waals surface area contributed by atoms with Gasteiger partial charge in [-0.05, 0) is 19.3 Å². The van der Waals surface area contributed by atoms with Crippen LogP contribution in [0.4, 0.5) is 11.5 Å². The molecule has 1 aliphatic rings. The molecule has 20 heavy (non-hydrogen) atoms. The van der Waals surface area contributed by atoms with E-state index < -0.39 is 16.4 Å². The monoisotopic (exact) mass is 282 g/mol. The minimum atomic E-state index is -0.958. The van der Waals surface area contributed by atoms with Gasteiger partial charge in [0.1, 0.15) is 6.33 Å². The highest BCUT2D eigenvalue weighted by Crippen LogP contribution is 2.41. The summed E-state index contributed by atoms with van der Waals surface area (Å²) in [5.74, 6) is -1.12. The Labute approximate surface area is 114 Å². The fraction of sp³-hybridized carbons (Fsp3) is 0.545. The van der Waals surface area contributed by atoms with E-state index in [-0.39, 0.29) is 23.8 Å². The minimum Gasteiger partial charge on any atom is -0.481 e. The first-order valence-corrected chi connectivity index (χ1v) is 6.01. The summed E-state index contributed by atoms with van der Waals surface area (Å²) in [6.07, 6.45) is 3.15. The summed E-state index contributed by atoms with van der Waals surface area (Å²) in [7, 11) is 1.27. The predicted molar refractivity (Wildman–Crippen MR) is 67.7 cm³/mol. The van der Waals surface area contributed by atoms with Crippen LogP contribution in [0, 0.1) is 10.1 Å². The number of nitrogens with one attached hydrogen (secondary N) is 1. The molecule has 2 N–H and O–H groups in total. The maximum absolute atomic E-state index is 11.1. The van der Waals surface area contributed by atoms with Crippen LogP contribution >= 0.6 is 0 Å². The fourth-order valence-electron chi connectivity index (χ4n) is 2.26. The van der Waals surface area contributed by atoms with Crippen LogP contribution in [0.5, 0.6) is 5.88 Å². The molecule has 9 heteroatoms. The zero-order valence-electron chi connectivity index (χ0n) is 10.8. The average Bonchev–Trinajstić information content (AvgIpc) is 2.34. The molecular weight excluding hydrogens is 268 g/mol. The van der Waals surface area contributed by atoms with E-state index in [0.29, 0.717) is 12.8 Å². The zero-order valence-corrected chi connectivity index (χ0v) is 10.8. The third kappa shape index (κ3) is 2.60. The highest BCUT2D eigenvalue weighted by molar-refractivity contribution is 5.71. The number of nitrogens with zero attached hydrogens (tertiary/aromatic N) is 3. The Balaban J connectivity index is 2.33. The molecule has 1 aromatic heterocycles. The van der Waals surface area contributed by atoms with E-state index in [2.05, 4.69) is 15.3 Å². The number of carboxylic acid groups (broad SMARTS) is 1. The molecule has 1 fully saturated rings. The summed E-state index contributed by atoms with van der Waals surface area (Å²) in [5.41, 5.74) is -1.07. The summed E-state index contributed by atoms with van der Waals surface area (Å²) in [4.78, 5) is 28.9. The first-order chi connectivity index (χ1) is 9.47. The van der Waals surface area contributed by atoms with E-state index in [1.165, 1.54) is 7.11 Å². The predicted octanol–water partition coefficient (Wildman–Crippen LogP) is 1.20. The number of hydrogen-bond donors (Lipinski definition) is 2. The van der Waals surface area contributed by atoms with Gasteiger partial charge < -0.3 is 15.2 Å². The molecule has 2 rings (SSSR count). The normalized spacial score (nSPS) is 16.1. The number of carboxylic acids is 1. The van der Waals surface area contributed by atoms with Gasteiger partial charge in [0.25, 0.3) is 5.88 Å². The number of methoxy groups -OCH3 is 1. The van der Waals surface area contributed by atoms with Gasteiger partial charge in [0, 0.05) is 5.54 Å². The second kappa shape index (κ2) is 5.27. The standard InChI is InChI=1S/C11H14N4O5/c1-20-10-8(15(18)19)9(12-6-13-10)14-11(3-2-4-11)5-7(16)17/h6H,2-5H2,1H3,(H,16,17)(H,12,13,14). The van der Waals surface area contributed by atoms with E-state index in [1.54, 1.807) is 0 Å². The van der Waals surface area contributed by atoms with Gasteiger partial charge >= 0.3 is 11.7 Å². The molecule has 108 valence electrons. The molecule has 0 aromatic carbocycles. The van der Waals surface area contributed by atoms with Crippen molar-refractivity contribution in [2.45, 2.75) is 31.2 Å². The van der Waals surface area contributed by atoms with Crippen LogP contribution in [-0.4, -0.2) is 38.6 Å². The quantitative estimate of drug-likeness (QED) is 0.588. The van der Waals surface area contributed by atoms with Crippen molar-refractivity contribution in [2.24, 2.45) is 0 Å². The van der Waals surface area contributed by atoms with Crippen LogP contribution < -0.4 is 10.1 Å². The molecule has 0 radical (unpaired) electrons. The summed E-state index contributed by atoms with van der Waals surface area (Å²) in [6, 6.07) is 0. The van der Waals surface area contributed by atoms with E-state index in [9.17, 15) is 14.9 Å². The van der Waals surface area contributed by atoms with Gasteiger partial charge in [-0.15, -0.1) is 0 Å². The lowest BCUT2D eigenvalue weighted by Crippen LogP contribution is -2.47. The van der Waals surface area contributed by atoms with Crippen molar-refractivity contribution in [3.05, 3.63) is 16.4 Å². The van der Waals surface area contributed by atoms with Crippen LogP contribution in [0.3, 0.4) is 0 Å². The molecule has 0 unspecified atom stereocenters. The van der Waals surface area contributed by atoms with Gasteiger partial charge in [-0.1, -0.05) is 0 Å². The van der Waals surface area contributed by atoms with Crippen LogP contribution in [0.15, 0.2) is 6.33 Å². The Kier molecular flexibility index (Phi) is 3.68. The number of carbonyl (C=O) groups is 1. The van der Waals surface area contributed by atoms with Crippen molar-refractivity contribution >= 4 is 17.5 Å². The SMILES string of the molecule is COc1ncnc(NC2(CC(=O)O)CCC2)c1[N+](=O)[O-]. The number of hydrogen-bond acceptors (Lipinski definition) is 7. The molecule has 0 bridgehead atoms. The molecule has 9 nitrogen and oxygen atoms in total. The number of aliphatic carboxylic acids is 1. The van der Waals surface area contributed by atoms with E-state index in [1.807, 2.05) is 0 Å². The highest BCUT2D eigenvalue weighted by Gasteiger charge is 2.41. The lowest BCUT2D eigenvalue weighted by Gasteiger charge is -2.41. The van der Waals surface area contributed by atoms with Crippen molar-refractivity contribution < 1.29 is 19.6 Å². The largest absolute Gasteiger partial charge is 0.481 e. The topological polar surface area (TPSA) is 127 Å². The molecule has 1 aliphatic carbocycles. The fourth-order valence-corrected chi connectivity index (χ4v) is 2.26. The van der Waals surface area contributed by atoms with Crippen molar-refractivity contribution in [1.82, 2.24) is 9.97 Å². The number of ether oxygens (including phenoxy) is 1. The highest BCUT2D eigenvalue weighted by atomic mass is 16.6. The molecule has 0 spiro atoms. The lowest BCUT2D eigenvalue weighted by molar-refractivity contribution is -0.385. The Morgan fingerprint density at radius 2 is 2.30 bits per heavy atom. The summed E-state index contributed by atoms with van der Waals surface area (Å²) in [6.45, 7) is 0. The Morgan fingerprint density at radius 3 is 2.75 bits per heavy atom. The smallest absolute Gasteiger partial charge is 0.372 e. The molecule has 0 atom stereocenters. The van der Waals surface area contributed by atoms with Crippen LogP contribution in [-0.2, 0) is 4.79 Å². The Bertz CT molecular complexity index is 544. The molecule has 0 aliphatic heterocycles. The molecule has 0 amide bonds. The first-order valence-electron chi connectivity index (χ1n) is 6.01. The van der Waals surface area contributed by atoms with Crippen LogP contribution in [0.1, 0.15) is 25.7 Å². The number of rotatable bonds is 6. The first kappa shape index (κ1) is 14.0. The maximum atomic E-state index is 11.1. The second-order valence-electron chi connectivity index (χ2n) is 4.67. The number of anilines is 1. The summed E-state index contributed by atoms with van der Waals surface area (Å²) < 4.78 is 4.85. The van der Waals surface area contributed by atoms with Gasteiger partial charge in [0.05, 0.1) is 18.5 Å². The molecule has 0 saturated heterocycles. The molecular formula is C11H14N4O5. The molecule has 1 saturated carbocycles. The van der Waals surface area contributed by atoms with Crippen molar-refractivity contribution in [3.63, 3.8) is 0 Å². The number of aromatic nitrogens is 2. The summed E-state index contributed by atoms with van der Waals surface area (Å²) >= 11 is 0. The zero-order chi connectivity index (χ0) is 14.8. The lowest BCUT2D eigenvalue weighted by atomic mass is 9.74. The van der Waals surface area contributed by atoms with E-state index >= 15 is 0 Å². The van der Waals surface area contributed by atoms with E-state index in [0.717, 1.165) is 12.7 Å². The maximum Gasteiger partial charge on any atom is 0.372 e. The van der Waals surface area contributed by atoms with Crippen molar-refractivity contribution in [2.75, 3.05) is 12.4 Å². The van der Waals surface area contributed by atoms with Crippen LogP contribution in [0.2, 0.25) is 0 Å². The summed E-state index contributed by atoms with van der Waals surface area (Å²) in [5, 5.41) is 22.9. The third-order valence-corrected chi connectivity index (χ3v) is 3.35. The van der Waals surface area contributed by atoms with Gasteiger partial charge in [0.2, 0.25) is 5.82 Å². The Hall–Kier alpha value is -2.45. The van der Waals surface area contributed by atoms with Gasteiger partial charge in [-0.2, -0.15) is 4.98 Å². The van der Waals surface area contributed by atoms with Crippen molar-refractivity contribution in [3.8, 4) is 5.88 Å². The molecule has 1 aromatic rings. The third-order valence-electron chi connectivity index (χ3n) is 3.35. The number of nitro groups is 1. The van der Waals surface area contributed by atoms with Gasteiger partial charge in [-0.25, -0.2) is 4.98 Å². The average molecular weight is 282 g/mol. The Morgan fingerprint density at radius 1 is 1.60 bits per heavy atom. The van der Waals surface area contributed by atoms with E-state index in [4.69, 9.17) is 9.84 Å². The minimum absolute atomic E-state index is 0.0113. The molecule has 1 heterocycles. The van der Waals surface area contributed by atoms with Gasteiger partial charge in [-0.3, -0.25) is 14.9 Å². The van der Waals surface area contributed by atoms with Crippen molar-refractivity contribution in [1.29, 1.82) is 0 Å². The second-order valence-corrected chi connectivity index (χ2v) is 4.67. The van der Waals surface area contributed by atoms with Gasteiger partial charge in [0.15, 0.2) is 0 Å².